The van der Waals surface area contributed by atoms with Crippen LogP contribution < -0.4 is 10.1 Å². The molecule has 0 fully saturated rings. The number of rotatable bonds is 7. The summed E-state index contributed by atoms with van der Waals surface area (Å²) in [5.74, 6) is 0.902. The number of aromatic nitrogens is 1. The van der Waals surface area contributed by atoms with Crippen LogP contribution in [0.3, 0.4) is 0 Å². The normalized spacial score (nSPS) is 12.4. The summed E-state index contributed by atoms with van der Waals surface area (Å²) in [6.07, 6.45) is 0. The van der Waals surface area contributed by atoms with Crippen molar-refractivity contribution >= 4 is 17.0 Å². The summed E-state index contributed by atoms with van der Waals surface area (Å²) in [4.78, 5) is 6.42. The van der Waals surface area contributed by atoms with Gasteiger partial charge in [-0.15, -0.1) is 11.3 Å². The smallest absolute Gasteiger partial charge is 0.119 e. The van der Waals surface area contributed by atoms with Crippen LogP contribution in [-0.4, -0.2) is 37.1 Å². The number of ether oxygens (including phenoxy) is 1. The van der Waals surface area contributed by atoms with E-state index in [0.29, 0.717) is 6.61 Å². The summed E-state index contributed by atoms with van der Waals surface area (Å²) in [6.45, 7) is 3.73. The third-order valence-corrected chi connectivity index (χ3v) is 3.54. The lowest BCUT2D eigenvalue weighted by Gasteiger charge is -2.14. The lowest BCUT2D eigenvalue weighted by molar-refractivity contribution is 0.261. The molecule has 20 heavy (non-hydrogen) atoms. The summed E-state index contributed by atoms with van der Waals surface area (Å²) in [5.41, 5.74) is 4.00. The number of benzene rings is 1. The summed E-state index contributed by atoms with van der Waals surface area (Å²) >= 11 is 1.62. The van der Waals surface area contributed by atoms with E-state index in [0.717, 1.165) is 23.7 Å². The molecule has 1 atom stereocenters. The van der Waals surface area contributed by atoms with Crippen LogP contribution in [0, 0.1) is 0 Å². The predicted molar refractivity (Wildman–Crippen MR) is 84.6 cm³/mol. The first-order valence-electron chi connectivity index (χ1n) is 6.67. The second-order valence-corrected chi connectivity index (χ2v) is 5.67. The van der Waals surface area contributed by atoms with Crippen LogP contribution in [-0.2, 0) is 0 Å². The van der Waals surface area contributed by atoms with Gasteiger partial charge < -0.3 is 15.0 Å². The van der Waals surface area contributed by atoms with Crippen LogP contribution in [0.1, 0.15) is 18.7 Å². The Morgan fingerprint density at radius 2 is 2.05 bits per heavy atom. The minimum Gasteiger partial charge on any atom is -0.492 e. The Kier molecular flexibility index (Phi) is 5.38. The quantitative estimate of drug-likeness (QED) is 0.849. The van der Waals surface area contributed by atoms with Gasteiger partial charge in [0.1, 0.15) is 12.4 Å². The number of nitrogens with zero attached hydrogens (tertiary/aromatic N) is 2. The number of nitrogens with one attached hydrogen (secondary N) is 1. The first-order valence-corrected chi connectivity index (χ1v) is 7.61. The van der Waals surface area contributed by atoms with E-state index in [1.807, 2.05) is 43.9 Å². The van der Waals surface area contributed by atoms with Gasteiger partial charge in [0, 0.05) is 17.6 Å². The molecule has 5 heteroatoms. The Labute approximate surface area is 124 Å². The third kappa shape index (κ3) is 4.51. The topological polar surface area (TPSA) is 37.4 Å². The molecule has 1 unspecified atom stereocenters. The Morgan fingerprint density at radius 3 is 2.65 bits per heavy atom. The zero-order chi connectivity index (χ0) is 14.4. The molecule has 0 aliphatic rings. The molecule has 1 aromatic heterocycles. The van der Waals surface area contributed by atoms with Crippen molar-refractivity contribution in [3.8, 4) is 5.75 Å². The highest BCUT2D eigenvalue weighted by Crippen LogP contribution is 2.21. The lowest BCUT2D eigenvalue weighted by atomic mass is 10.2. The molecule has 0 aliphatic carbocycles. The average Bonchev–Trinajstić information content (AvgIpc) is 2.94. The van der Waals surface area contributed by atoms with Crippen LogP contribution in [0.4, 0.5) is 5.69 Å². The maximum Gasteiger partial charge on any atom is 0.119 e. The van der Waals surface area contributed by atoms with Gasteiger partial charge in [-0.05, 0) is 45.3 Å². The molecule has 1 aromatic carbocycles. The van der Waals surface area contributed by atoms with Gasteiger partial charge in [0.05, 0.1) is 17.2 Å². The van der Waals surface area contributed by atoms with Crippen LogP contribution >= 0.6 is 11.3 Å². The maximum absolute atomic E-state index is 5.67. The molecular formula is C15H21N3OS. The van der Waals surface area contributed by atoms with Crippen molar-refractivity contribution < 1.29 is 4.74 Å². The summed E-state index contributed by atoms with van der Waals surface area (Å²) in [6, 6.07) is 8.26. The van der Waals surface area contributed by atoms with Gasteiger partial charge in [-0.2, -0.15) is 0 Å². The molecule has 0 amide bonds. The maximum atomic E-state index is 5.67. The SMILES string of the molecule is CC(Nc1ccc(OCCN(C)C)cc1)c1cscn1. The first kappa shape index (κ1) is 14.8. The molecule has 0 aliphatic heterocycles. The molecule has 1 N–H and O–H groups in total. The minimum atomic E-state index is 0.210. The Morgan fingerprint density at radius 1 is 1.30 bits per heavy atom. The first-order chi connectivity index (χ1) is 9.65. The van der Waals surface area contributed by atoms with Crippen LogP contribution in [0.2, 0.25) is 0 Å². The van der Waals surface area contributed by atoms with E-state index >= 15 is 0 Å². The molecule has 1 heterocycles. The fourth-order valence-corrected chi connectivity index (χ4v) is 2.40. The van der Waals surface area contributed by atoms with Gasteiger partial charge in [-0.3, -0.25) is 0 Å². The average molecular weight is 291 g/mol. The Bertz CT molecular complexity index is 496. The Balaban J connectivity index is 1.85. The van der Waals surface area contributed by atoms with E-state index in [1.54, 1.807) is 11.3 Å². The van der Waals surface area contributed by atoms with Gasteiger partial charge in [-0.1, -0.05) is 0 Å². The fraction of sp³-hybridized carbons (Fsp3) is 0.400. The highest BCUT2D eigenvalue weighted by atomic mass is 32.1. The zero-order valence-electron chi connectivity index (χ0n) is 12.2. The lowest BCUT2D eigenvalue weighted by Crippen LogP contribution is -2.19. The van der Waals surface area contributed by atoms with E-state index in [2.05, 4.69) is 27.5 Å². The molecule has 2 rings (SSSR count). The molecule has 4 nitrogen and oxygen atoms in total. The van der Waals surface area contributed by atoms with Gasteiger partial charge >= 0.3 is 0 Å². The van der Waals surface area contributed by atoms with Crippen molar-refractivity contribution in [3.63, 3.8) is 0 Å². The minimum absolute atomic E-state index is 0.210. The van der Waals surface area contributed by atoms with E-state index in [-0.39, 0.29) is 6.04 Å². The van der Waals surface area contributed by atoms with Crippen molar-refractivity contribution in [2.24, 2.45) is 0 Å². The van der Waals surface area contributed by atoms with Crippen molar-refractivity contribution in [1.82, 2.24) is 9.88 Å². The highest BCUT2D eigenvalue weighted by molar-refractivity contribution is 7.07. The molecule has 0 saturated carbocycles. The second kappa shape index (κ2) is 7.26. The monoisotopic (exact) mass is 291 g/mol. The summed E-state index contributed by atoms with van der Waals surface area (Å²) in [7, 11) is 4.08. The highest BCUT2D eigenvalue weighted by Gasteiger charge is 2.06. The molecule has 108 valence electrons. The number of likely N-dealkylation sites (N-methyl/N-ethyl adjacent to an activating group) is 1. The second-order valence-electron chi connectivity index (χ2n) is 4.96. The molecule has 0 spiro atoms. The largest absolute Gasteiger partial charge is 0.492 e. The molecule has 2 aromatic rings. The van der Waals surface area contributed by atoms with Gasteiger partial charge in [-0.25, -0.2) is 4.98 Å². The number of anilines is 1. The van der Waals surface area contributed by atoms with Crippen molar-refractivity contribution in [2.75, 3.05) is 32.6 Å². The van der Waals surface area contributed by atoms with Gasteiger partial charge in [0.15, 0.2) is 0 Å². The number of hydrogen-bond donors (Lipinski definition) is 1. The van der Waals surface area contributed by atoms with E-state index < -0.39 is 0 Å². The summed E-state index contributed by atoms with van der Waals surface area (Å²) < 4.78 is 5.67. The van der Waals surface area contributed by atoms with Crippen LogP contribution in [0.15, 0.2) is 35.2 Å². The number of thiazole rings is 1. The van der Waals surface area contributed by atoms with E-state index in [1.165, 1.54) is 0 Å². The molecule has 0 bridgehead atoms. The fourth-order valence-electron chi connectivity index (χ4n) is 1.75. The molecule has 0 radical (unpaired) electrons. The summed E-state index contributed by atoms with van der Waals surface area (Å²) in [5, 5.41) is 5.49. The van der Waals surface area contributed by atoms with E-state index in [4.69, 9.17) is 4.74 Å². The standard InChI is InChI=1S/C15H21N3OS/c1-12(15-10-20-11-16-15)17-13-4-6-14(7-5-13)19-9-8-18(2)3/h4-7,10-12,17H,8-9H2,1-3H3. The van der Waals surface area contributed by atoms with Crippen molar-refractivity contribution in [2.45, 2.75) is 13.0 Å². The Hall–Kier alpha value is -1.59. The van der Waals surface area contributed by atoms with Crippen molar-refractivity contribution in [3.05, 3.63) is 40.8 Å². The molecule has 0 saturated heterocycles. The van der Waals surface area contributed by atoms with Crippen molar-refractivity contribution in [1.29, 1.82) is 0 Å². The number of hydrogen-bond acceptors (Lipinski definition) is 5. The van der Waals surface area contributed by atoms with Crippen LogP contribution in [0.25, 0.3) is 0 Å². The van der Waals surface area contributed by atoms with Gasteiger partial charge in [0.2, 0.25) is 0 Å². The van der Waals surface area contributed by atoms with Gasteiger partial charge in [0.25, 0.3) is 0 Å². The third-order valence-electron chi connectivity index (χ3n) is 2.94. The van der Waals surface area contributed by atoms with Crippen LogP contribution in [0.5, 0.6) is 5.75 Å². The molecular weight excluding hydrogens is 270 g/mol. The van der Waals surface area contributed by atoms with E-state index in [9.17, 15) is 0 Å². The zero-order valence-corrected chi connectivity index (χ0v) is 13.0. The predicted octanol–water partition coefficient (Wildman–Crippen LogP) is 3.26.